The number of ether oxygens (including phenoxy) is 2. The molecule has 2 aromatic rings. The first-order valence-electron chi connectivity index (χ1n) is 8.56. The average Bonchev–Trinajstić information content (AvgIpc) is 3.14. The first kappa shape index (κ1) is 18.8. The Morgan fingerprint density at radius 2 is 2.04 bits per heavy atom. The van der Waals surface area contributed by atoms with Crippen LogP contribution in [0.4, 0.5) is 0 Å². The third-order valence-corrected chi connectivity index (χ3v) is 4.95. The van der Waals surface area contributed by atoms with Crippen LogP contribution in [-0.2, 0) is 16.0 Å². The van der Waals surface area contributed by atoms with Gasteiger partial charge in [0.25, 0.3) is 0 Å². The Hall–Kier alpha value is -3.03. The van der Waals surface area contributed by atoms with Crippen LogP contribution in [0.2, 0.25) is 0 Å². The van der Waals surface area contributed by atoms with Crippen LogP contribution >= 0.6 is 0 Å². The highest BCUT2D eigenvalue weighted by atomic mass is 16.5. The van der Waals surface area contributed by atoms with Crippen LogP contribution in [0.1, 0.15) is 24.0 Å². The summed E-state index contributed by atoms with van der Waals surface area (Å²) in [6.45, 7) is 2.03. The predicted octanol–water partition coefficient (Wildman–Crippen LogP) is 0.402. The SMILES string of the molecule is COc1cc(OC)c2c(C)c(CC(=O)N3CCC[C@H]3C(=O)[O-])c(=O)oc2c1. The molecular weight excluding hydrogens is 354 g/mol. The molecule has 0 aliphatic carbocycles. The van der Waals surface area contributed by atoms with Crippen molar-refractivity contribution in [3.05, 3.63) is 33.7 Å². The average molecular weight is 374 g/mol. The summed E-state index contributed by atoms with van der Waals surface area (Å²) in [5.41, 5.74) is 0.379. The van der Waals surface area contributed by atoms with Crippen LogP contribution in [0.5, 0.6) is 11.5 Å². The summed E-state index contributed by atoms with van der Waals surface area (Å²) in [5.74, 6) is -0.798. The summed E-state index contributed by atoms with van der Waals surface area (Å²) in [5, 5.41) is 11.8. The van der Waals surface area contributed by atoms with Crippen molar-refractivity contribution in [2.45, 2.75) is 32.2 Å². The van der Waals surface area contributed by atoms with Gasteiger partial charge in [-0.25, -0.2) is 4.79 Å². The van der Waals surface area contributed by atoms with E-state index < -0.39 is 23.5 Å². The molecule has 1 aromatic carbocycles. The van der Waals surface area contributed by atoms with E-state index in [4.69, 9.17) is 13.9 Å². The quantitative estimate of drug-likeness (QED) is 0.697. The molecule has 8 nitrogen and oxygen atoms in total. The second-order valence-electron chi connectivity index (χ2n) is 6.44. The first-order chi connectivity index (χ1) is 12.9. The zero-order valence-corrected chi connectivity index (χ0v) is 15.4. The lowest BCUT2D eigenvalue weighted by Gasteiger charge is -2.25. The van der Waals surface area contributed by atoms with Crippen LogP contribution in [0.25, 0.3) is 11.0 Å². The van der Waals surface area contributed by atoms with Crippen molar-refractivity contribution >= 4 is 22.8 Å². The smallest absolute Gasteiger partial charge is 0.340 e. The summed E-state index contributed by atoms with van der Waals surface area (Å²) < 4.78 is 15.9. The minimum Gasteiger partial charge on any atom is -0.548 e. The van der Waals surface area contributed by atoms with E-state index in [0.717, 1.165) is 0 Å². The third-order valence-electron chi connectivity index (χ3n) is 4.95. The van der Waals surface area contributed by atoms with Gasteiger partial charge in [0.1, 0.15) is 17.1 Å². The highest BCUT2D eigenvalue weighted by Crippen LogP contribution is 2.34. The van der Waals surface area contributed by atoms with E-state index in [9.17, 15) is 19.5 Å². The van der Waals surface area contributed by atoms with Crippen molar-refractivity contribution in [2.75, 3.05) is 20.8 Å². The second kappa shape index (κ2) is 7.30. The maximum atomic E-state index is 12.6. The van der Waals surface area contributed by atoms with Crippen LogP contribution in [-0.4, -0.2) is 43.6 Å². The number of carboxylic acid groups (broad SMARTS) is 1. The number of carbonyl (C=O) groups excluding carboxylic acids is 2. The number of aliphatic carboxylic acids is 1. The van der Waals surface area contributed by atoms with Gasteiger partial charge in [0.05, 0.1) is 43.6 Å². The van der Waals surface area contributed by atoms with Gasteiger partial charge < -0.3 is 28.7 Å². The second-order valence-corrected chi connectivity index (χ2v) is 6.44. The van der Waals surface area contributed by atoms with Gasteiger partial charge in [0.2, 0.25) is 5.91 Å². The van der Waals surface area contributed by atoms with Gasteiger partial charge in [-0.2, -0.15) is 0 Å². The number of benzene rings is 1. The Morgan fingerprint density at radius 3 is 2.67 bits per heavy atom. The van der Waals surface area contributed by atoms with Crippen LogP contribution in [0.15, 0.2) is 21.3 Å². The molecule has 0 N–H and O–H groups in total. The van der Waals surface area contributed by atoms with Gasteiger partial charge in [-0.1, -0.05) is 0 Å². The van der Waals surface area contributed by atoms with E-state index in [0.29, 0.717) is 47.4 Å². The Balaban J connectivity index is 2.03. The summed E-state index contributed by atoms with van der Waals surface area (Å²) in [6, 6.07) is 2.28. The van der Waals surface area contributed by atoms with E-state index >= 15 is 0 Å². The summed E-state index contributed by atoms with van der Waals surface area (Å²) in [6.07, 6.45) is 0.694. The van der Waals surface area contributed by atoms with Gasteiger partial charge in [-0.15, -0.1) is 0 Å². The lowest BCUT2D eigenvalue weighted by molar-refractivity contribution is -0.310. The molecule has 1 atom stereocenters. The maximum absolute atomic E-state index is 12.6. The summed E-state index contributed by atoms with van der Waals surface area (Å²) >= 11 is 0. The van der Waals surface area contributed by atoms with E-state index in [-0.39, 0.29) is 12.0 Å². The molecular formula is C19H20NO7-. The molecule has 0 saturated carbocycles. The molecule has 1 aromatic heterocycles. The van der Waals surface area contributed by atoms with Crippen LogP contribution in [0.3, 0.4) is 0 Å². The molecule has 8 heteroatoms. The van der Waals surface area contributed by atoms with Crippen molar-refractivity contribution in [3.8, 4) is 11.5 Å². The Kier molecular flexibility index (Phi) is 5.07. The molecule has 3 rings (SSSR count). The monoisotopic (exact) mass is 374 g/mol. The molecule has 1 fully saturated rings. The molecule has 1 amide bonds. The van der Waals surface area contributed by atoms with E-state index in [1.165, 1.54) is 19.1 Å². The molecule has 1 aliphatic rings. The van der Waals surface area contributed by atoms with Crippen molar-refractivity contribution < 1.29 is 28.6 Å². The van der Waals surface area contributed by atoms with Crippen LogP contribution in [0, 0.1) is 6.92 Å². The highest BCUT2D eigenvalue weighted by molar-refractivity contribution is 5.91. The predicted molar refractivity (Wildman–Crippen MR) is 93.8 cm³/mol. The van der Waals surface area contributed by atoms with Crippen molar-refractivity contribution in [1.29, 1.82) is 0 Å². The van der Waals surface area contributed by atoms with Crippen molar-refractivity contribution in [3.63, 3.8) is 0 Å². The van der Waals surface area contributed by atoms with Gasteiger partial charge in [0.15, 0.2) is 0 Å². The number of aryl methyl sites for hydroxylation is 1. The first-order valence-corrected chi connectivity index (χ1v) is 8.56. The highest BCUT2D eigenvalue weighted by Gasteiger charge is 2.30. The number of amides is 1. The number of rotatable bonds is 5. The normalized spacial score (nSPS) is 16.6. The minimum absolute atomic E-state index is 0.181. The molecule has 0 spiro atoms. The number of carbonyl (C=O) groups is 2. The number of fused-ring (bicyclic) bond motifs is 1. The molecule has 1 saturated heterocycles. The van der Waals surface area contributed by atoms with Crippen molar-refractivity contribution in [2.24, 2.45) is 0 Å². The largest absolute Gasteiger partial charge is 0.548 e. The summed E-state index contributed by atoms with van der Waals surface area (Å²) in [7, 11) is 2.97. The summed E-state index contributed by atoms with van der Waals surface area (Å²) in [4.78, 5) is 37.6. The number of nitrogens with zero attached hydrogens (tertiary/aromatic N) is 1. The molecule has 27 heavy (non-hydrogen) atoms. The topological polar surface area (TPSA) is 109 Å². The fraction of sp³-hybridized carbons (Fsp3) is 0.421. The fourth-order valence-corrected chi connectivity index (χ4v) is 3.53. The lowest BCUT2D eigenvalue weighted by atomic mass is 10.0. The number of carboxylic acids is 1. The zero-order valence-electron chi connectivity index (χ0n) is 15.4. The molecule has 1 aliphatic heterocycles. The Morgan fingerprint density at radius 1 is 1.30 bits per heavy atom. The lowest BCUT2D eigenvalue weighted by Crippen LogP contribution is -2.47. The number of hydrogen-bond acceptors (Lipinski definition) is 7. The number of hydrogen-bond donors (Lipinski definition) is 0. The Labute approximate surface area is 155 Å². The van der Waals surface area contributed by atoms with Crippen molar-refractivity contribution in [1.82, 2.24) is 4.90 Å². The van der Waals surface area contributed by atoms with E-state index in [1.807, 2.05) is 0 Å². The van der Waals surface area contributed by atoms with E-state index in [1.54, 1.807) is 19.1 Å². The third kappa shape index (κ3) is 3.34. The van der Waals surface area contributed by atoms with E-state index in [2.05, 4.69) is 0 Å². The van der Waals surface area contributed by atoms with Gasteiger partial charge in [-0.05, 0) is 25.3 Å². The zero-order chi connectivity index (χ0) is 19.7. The minimum atomic E-state index is -1.28. The van der Waals surface area contributed by atoms with Gasteiger partial charge in [0, 0.05) is 18.7 Å². The molecule has 0 bridgehead atoms. The standard InChI is InChI=1S/C19H21NO7/c1-10-12(9-16(21)20-6-4-5-13(20)18(22)23)19(24)27-15-8-11(25-2)7-14(26-3)17(10)15/h7-8,13H,4-6,9H2,1-3H3,(H,22,23)/p-1/t13-/m0/s1. The fourth-order valence-electron chi connectivity index (χ4n) is 3.53. The molecule has 144 valence electrons. The number of likely N-dealkylation sites (tertiary alicyclic amines) is 1. The molecule has 0 radical (unpaired) electrons. The number of methoxy groups -OCH3 is 2. The Bertz CT molecular complexity index is 963. The molecule has 2 heterocycles. The van der Waals surface area contributed by atoms with Gasteiger partial charge >= 0.3 is 5.63 Å². The van der Waals surface area contributed by atoms with Crippen LogP contribution < -0.4 is 20.2 Å². The van der Waals surface area contributed by atoms with Gasteiger partial charge in [-0.3, -0.25) is 4.79 Å². The molecule has 0 unspecified atom stereocenters. The maximum Gasteiger partial charge on any atom is 0.340 e.